The molecule has 0 radical (unpaired) electrons. The van der Waals surface area contributed by atoms with Crippen molar-refractivity contribution in [3.63, 3.8) is 0 Å². The number of rotatable bonds is 5. The number of benzene rings is 2. The normalized spacial score (nSPS) is 12.2. The molecule has 0 heterocycles. The van der Waals surface area contributed by atoms with Crippen LogP contribution in [0.5, 0.6) is 5.75 Å². The summed E-state index contributed by atoms with van der Waals surface area (Å²) < 4.78 is 19.8. The van der Waals surface area contributed by atoms with Gasteiger partial charge >= 0.3 is 0 Å². The van der Waals surface area contributed by atoms with E-state index in [0.29, 0.717) is 6.42 Å². The van der Waals surface area contributed by atoms with Crippen LogP contribution in [0, 0.1) is 12.7 Å². The first kappa shape index (κ1) is 16.0. The summed E-state index contributed by atoms with van der Waals surface area (Å²) >= 11 is 3.56. The average Bonchev–Trinajstić information content (AvgIpc) is 2.48. The van der Waals surface area contributed by atoms with Gasteiger partial charge in [0.2, 0.25) is 0 Å². The van der Waals surface area contributed by atoms with Gasteiger partial charge in [0.1, 0.15) is 0 Å². The first-order valence-corrected chi connectivity index (χ1v) is 7.60. The van der Waals surface area contributed by atoms with Gasteiger partial charge in [-0.1, -0.05) is 34.1 Å². The maximum absolute atomic E-state index is 13.8. The van der Waals surface area contributed by atoms with Crippen molar-refractivity contribution < 1.29 is 9.13 Å². The Kier molecular flexibility index (Phi) is 5.37. The van der Waals surface area contributed by atoms with Gasteiger partial charge in [0.15, 0.2) is 11.6 Å². The van der Waals surface area contributed by atoms with E-state index in [1.165, 1.54) is 24.3 Å². The molecular formula is C17H19BrFNO. The predicted octanol–water partition coefficient (Wildman–Crippen LogP) is 4.41. The van der Waals surface area contributed by atoms with Gasteiger partial charge in [-0.3, -0.25) is 0 Å². The Morgan fingerprint density at radius 3 is 2.57 bits per heavy atom. The van der Waals surface area contributed by atoms with E-state index in [9.17, 15) is 4.39 Å². The van der Waals surface area contributed by atoms with Crippen molar-refractivity contribution in [2.45, 2.75) is 19.4 Å². The third-order valence-corrected chi connectivity index (χ3v) is 4.46. The molecule has 0 saturated heterocycles. The first-order valence-electron chi connectivity index (χ1n) is 6.81. The summed E-state index contributed by atoms with van der Waals surface area (Å²) in [7, 11) is 3.39. The zero-order chi connectivity index (χ0) is 15.4. The molecule has 1 unspecified atom stereocenters. The van der Waals surface area contributed by atoms with Crippen molar-refractivity contribution in [2.75, 3.05) is 14.2 Å². The van der Waals surface area contributed by atoms with Gasteiger partial charge in [-0.25, -0.2) is 4.39 Å². The molecule has 0 aliphatic heterocycles. The Bertz CT molecular complexity index is 630. The molecule has 2 aromatic rings. The molecule has 1 atom stereocenters. The van der Waals surface area contributed by atoms with E-state index < -0.39 is 0 Å². The van der Waals surface area contributed by atoms with E-state index in [1.54, 1.807) is 6.07 Å². The van der Waals surface area contributed by atoms with E-state index in [1.807, 2.05) is 13.1 Å². The minimum Gasteiger partial charge on any atom is -0.494 e. The van der Waals surface area contributed by atoms with Gasteiger partial charge in [-0.15, -0.1) is 0 Å². The molecule has 0 saturated carbocycles. The minimum atomic E-state index is -0.324. The lowest BCUT2D eigenvalue weighted by molar-refractivity contribution is 0.386. The molecule has 0 spiro atoms. The molecule has 4 heteroatoms. The van der Waals surface area contributed by atoms with Crippen molar-refractivity contribution in [1.29, 1.82) is 0 Å². The van der Waals surface area contributed by atoms with Crippen molar-refractivity contribution in [2.24, 2.45) is 0 Å². The lowest BCUT2D eigenvalue weighted by atomic mass is 9.98. The Morgan fingerprint density at radius 1 is 1.24 bits per heavy atom. The van der Waals surface area contributed by atoms with Crippen molar-refractivity contribution in [3.05, 3.63) is 63.4 Å². The molecule has 0 amide bonds. The average molecular weight is 352 g/mol. The molecule has 21 heavy (non-hydrogen) atoms. The van der Waals surface area contributed by atoms with Gasteiger partial charge in [0.05, 0.1) is 7.11 Å². The highest BCUT2D eigenvalue weighted by Crippen LogP contribution is 2.26. The van der Waals surface area contributed by atoms with E-state index in [2.05, 4.69) is 46.4 Å². The molecule has 0 fully saturated rings. The summed E-state index contributed by atoms with van der Waals surface area (Å²) in [5.74, 6) is -0.0484. The second kappa shape index (κ2) is 7.05. The quantitative estimate of drug-likeness (QED) is 0.861. The zero-order valence-corrected chi connectivity index (χ0v) is 14.0. The van der Waals surface area contributed by atoms with Crippen LogP contribution in [0.15, 0.2) is 40.9 Å². The van der Waals surface area contributed by atoms with Crippen LogP contribution in [0.1, 0.15) is 22.7 Å². The van der Waals surface area contributed by atoms with Crippen LogP contribution < -0.4 is 10.1 Å². The van der Waals surface area contributed by atoms with Crippen LogP contribution in [-0.4, -0.2) is 14.2 Å². The van der Waals surface area contributed by atoms with E-state index in [-0.39, 0.29) is 17.6 Å². The molecule has 1 N–H and O–H groups in total. The fraction of sp³-hybridized carbons (Fsp3) is 0.294. The SMILES string of the molecule is CNC(Cc1ccc(OC)c(F)c1)c1ccc(C)c(Br)c1. The second-order valence-electron chi connectivity index (χ2n) is 5.02. The largest absolute Gasteiger partial charge is 0.494 e. The number of aryl methyl sites for hydroxylation is 1. The monoisotopic (exact) mass is 351 g/mol. The summed E-state index contributed by atoms with van der Waals surface area (Å²) in [5, 5.41) is 3.29. The molecule has 0 aromatic heterocycles. The van der Waals surface area contributed by atoms with Gasteiger partial charge in [-0.2, -0.15) is 0 Å². The highest BCUT2D eigenvalue weighted by Gasteiger charge is 2.13. The lowest BCUT2D eigenvalue weighted by Gasteiger charge is -2.18. The lowest BCUT2D eigenvalue weighted by Crippen LogP contribution is -2.19. The van der Waals surface area contributed by atoms with E-state index >= 15 is 0 Å². The second-order valence-corrected chi connectivity index (χ2v) is 5.88. The van der Waals surface area contributed by atoms with Gasteiger partial charge in [0.25, 0.3) is 0 Å². The highest BCUT2D eigenvalue weighted by molar-refractivity contribution is 9.10. The standard InChI is InChI=1S/C17H19BrFNO/c1-11-4-6-13(10-14(11)18)16(20-2)9-12-5-7-17(21-3)15(19)8-12/h4-8,10,16,20H,9H2,1-3H3. The smallest absolute Gasteiger partial charge is 0.165 e. The summed E-state index contributed by atoms with van der Waals surface area (Å²) in [5.41, 5.74) is 3.31. The number of hydrogen-bond acceptors (Lipinski definition) is 2. The van der Waals surface area contributed by atoms with Gasteiger partial charge in [0, 0.05) is 10.5 Å². The molecule has 2 nitrogen and oxygen atoms in total. The highest BCUT2D eigenvalue weighted by atomic mass is 79.9. The summed E-state index contributed by atoms with van der Waals surface area (Å²) in [6.07, 6.45) is 0.715. The number of methoxy groups -OCH3 is 1. The third kappa shape index (κ3) is 3.83. The Morgan fingerprint density at radius 2 is 2.00 bits per heavy atom. The topological polar surface area (TPSA) is 21.3 Å². The summed E-state index contributed by atoms with van der Waals surface area (Å²) in [6, 6.07) is 11.5. The number of nitrogens with one attached hydrogen (secondary N) is 1. The van der Waals surface area contributed by atoms with Gasteiger partial charge in [-0.05, 0) is 55.3 Å². The fourth-order valence-electron chi connectivity index (χ4n) is 2.28. The zero-order valence-electron chi connectivity index (χ0n) is 12.4. The molecule has 0 aliphatic carbocycles. The molecule has 0 aliphatic rings. The number of likely N-dealkylation sites (N-methyl/N-ethyl adjacent to an activating group) is 1. The van der Waals surface area contributed by atoms with Crippen molar-refractivity contribution in [1.82, 2.24) is 5.32 Å². The Labute approximate surface area is 133 Å². The van der Waals surface area contributed by atoms with E-state index in [0.717, 1.165) is 10.0 Å². The minimum absolute atomic E-state index is 0.134. The Hall–Kier alpha value is -1.39. The van der Waals surface area contributed by atoms with Crippen molar-refractivity contribution >= 4 is 15.9 Å². The van der Waals surface area contributed by atoms with Gasteiger partial charge < -0.3 is 10.1 Å². The summed E-state index contributed by atoms with van der Waals surface area (Å²) in [4.78, 5) is 0. The summed E-state index contributed by atoms with van der Waals surface area (Å²) in [6.45, 7) is 2.06. The number of hydrogen-bond donors (Lipinski definition) is 1. The fourth-order valence-corrected chi connectivity index (χ4v) is 2.68. The maximum atomic E-state index is 13.8. The van der Waals surface area contributed by atoms with Crippen LogP contribution >= 0.6 is 15.9 Å². The number of ether oxygens (including phenoxy) is 1. The molecule has 0 bridgehead atoms. The van der Waals surface area contributed by atoms with E-state index in [4.69, 9.17) is 4.74 Å². The maximum Gasteiger partial charge on any atom is 0.165 e. The van der Waals surface area contributed by atoms with Crippen LogP contribution in [0.25, 0.3) is 0 Å². The van der Waals surface area contributed by atoms with Crippen LogP contribution in [0.2, 0.25) is 0 Å². The molecular weight excluding hydrogens is 333 g/mol. The number of halogens is 2. The van der Waals surface area contributed by atoms with Crippen LogP contribution in [0.4, 0.5) is 4.39 Å². The first-order chi connectivity index (χ1) is 10.0. The molecule has 2 aromatic carbocycles. The molecule has 2 rings (SSSR count). The molecule has 112 valence electrons. The Balaban J connectivity index is 2.22. The third-order valence-electron chi connectivity index (χ3n) is 3.60. The van der Waals surface area contributed by atoms with Crippen LogP contribution in [-0.2, 0) is 6.42 Å². The van der Waals surface area contributed by atoms with Crippen LogP contribution in [0.3, 0.4) is 0 Å². The predicted molar refractivity (Wildman–Crippen MR) is 87.3 cm³/mol. The van der Waals surface area contributed by atoms with Crippen molar-refractivity contribution in [3.8, 4) is 5.75 Å².